The molecule has 0 spiro atoms. The van der Waals surface area contributed by atoms with Gasteiger partial charge in [0.25, 0.3) is 11.7 Å². The first-order chi connectivity index (χ1) is 16.2. The molecule has 2 aromatic rings. The van der Waals surface area contributed by atoms with E-state index in [1.165, 1.54) is 19.1 Å². The van der Waals surface area contributed by atoms with Crippen LogP contribution in [0.2, 0.25) is 0 Å². The number of ketones is 1. The number of likely N-dealkylation sites (N-methyl/N-ethyl adjacent to an activating group) is 1. The predicted molar refractivity (Wildman–Crippen MR) is 129 cm³/mol. The maximum Gasteiger partial charge on any atom is 0.295 e. The standard InChI is InChI=1S/C26H32N2O6/c1-16(2)34-19-10-7-17(8-11-19)24(29)22-23(18-9-12-20(32-5)21(15-18)33-6)28(14-13-27(3)4)26(31)25(22)30/h7-12,15-16,23,29H,13-14H2,1-6H3/b24-22+/t23-/m1/s1. The van der Waals surface area contributed by atoms with Gasteiger partial charge in [-0.15, -0.1) is 0 Å². The average molecular weight is 469 g/mol. The molecule has 0 radical (unpaired) electrons. The van der Waals surface area contributed by atoms with Gasteiger partial charge in [0, 0.05) is 18.7 Å². The van der Waals surface area contributed by atoms with Gasteiger partial charge in [-0.1, -0.05) is 6.07 Å². The number of aliphatic hydroxyl groups is 1. The minimum atomic E-state index is -0.772. The van der Waals surface area contributed by atoms with Crippen LogP contribution >= 0.6 is 0 Å². The lowest BCUT2D eigenvalue weighted by Crippen LogP contribution is -2.35. The number of amides is 1. The molecule has 2 aromatic carbocycles. The topological polar surface area (TPSA) is 88.5 Å². The van der Waals surface area contributed by atoms with Crippen molar-refractivity contribution in [2.45, 2.75) is 26.0 Å². The van der Waals surface area contributed by atoms with E-state index in [4.69, 9.17) is 14.2 Å². The van der Waals surface area contributed by atoms with E-state index in [0.717, 1.165) is 0 Å². The summed E-state index contributed by atoms with van der Waals surface area (Å²) in [6, 6.07) is 11.2. The fourth-order valence-electron chi connectivity index (χ4n) is 3.91. The van der Waals surface area contributed by atoms with Crippen LogP contribution in [0.1, 0.15) is 31.0 Å². The Morgan fingerprint density at radius 3 is 2.24 bits per heavy atom. The number of ether oxygens (including phenoxy) is 3. The molecular weight excluding hydrogens is 436 g/mol. The summed E-state index contributed by atoms with van der Waals surface area (Å²) in [5, 5.41) is 11.2. The molecule has 34 heavy (non-hydrogen) atoms. The van der Waals surface area contributed by atoms with E-state index in [2.05, 4.69) is 0 Å². The fraction of sp³-hybridized carbons (Fsp3) is 0.385. The minimum absolute atomic E-state index is 0.00604. The van der Waals surface area contributed by atoms with Crippen molar-refractivity contribution in [2.75, 3.05) is 41.4 Å². The highest BCUT2D eigenvalue weighted by atomic mass is 16.5. The summed E-state index contributed by atoms with van der Waals surface area (Å²) >= 11 is 0. The monoisotopic (exact) mass is 468 g/mol. The largest absolute Gasteiger partial charge is 0.507 e. The molecule has 1 amide bonds. The number of benzene rings is 2. The Kier molecular flexibility index (Phi) is 7.83. The molecule has 8 heteroatoms. The Hall–Kier alpha value is -3.52. The molecule has 1 heterocycles. The normalized spacial score (nSPS) is 17.5. The molecule has 182 valence electrons. The second-order valence-corrected chi connectivity index (χ2v) is 8.60. The number of hydrogen-bond donors (Lipinski definition) is 1. The van der Waals surface area contributed by atoms with Gasteiger partial charge in [0.2, 0.25) is 0 Å². The van der Waals surface area contributed by atoms with E-state index in [0.29, 0.717) is 41.5 Å². The first-order valence-corrected chi connectivity index (χ1v) is 11.1. The zero-order valence-corrected chi connectivity index (χ0v) is 20.5. The zero-order chi connectivity index (χ0) is 25.0. The van der Waals surface area contributed by atoms with Gasteiger partial charge >= 0.3 is 0 Å². The third-order valence-electron chi connectivity index (χ3n) is 5.55. The number of carbonyl (C=O) groups is 2. The number of hydrogen-bond acceptors (Lipinski definition) is 7. The van der Waals surface area contributed by atoms with Crippen LogP contribution in [0.15, 0.2) is 48.0 Å². The van der Waals surface area contributed by atoms with E-state index in [9.17, 15) is 14.7 Å². The van der Waals surface area contributed by atoms with E-state index in [1.807, 2.05) is 32.8 Å². The number of carbonyl (C=O) groups excluding carboxylic acids is 2. The number of aliphatic hydroxyl groups excluding tert-OH is 1. The molecule has 0 unspecified atom stereocenters. The van der Waals surface area contributed by atoms with Crippen molar-refractivity contribution in [1.29, 1.82) is 0 Å². The van der Waals surface area contributed by atoms with E-state index in [-0.39, 0.29) is 17.4 Å². The SMILES string of the molecule is COc1ccc([C@@H]2/C(=C(\O)c3ccc(OC(C)C)cc3)C(=O)C(=O)N2CCN(C)C)cc1OC. The summed E-state index contributed by atoms with van der Waals surface area (Å²) in [4.78, 5) is 29.6. The predicted octanol–water partition coefficient (Wildman–Crippen LogP) is 3.47. The van der Waals surface area contributed by atoms with E-state index < -0.39 is 17.7 Å². The highest BCUT2D eigenvalue weighted by molar-refractivity contribution is 6.46. The van der Waals surface area contributed by atoms with Gasteiger partial charge in [-0.2, -0.15) is 0 Å². The van der Waals surface area contributed by atoms with Crippen molar-refractivity contribution in [3.05, 3.63) is 59.2 Å². The summed E-state index contributed by atoms with van der Waals surface area (Å²) in [6.45, 7) is 4.71. The Morgan fingerprint density at radius 1 is 1.03 bits per heavy atom. The van der Waals surface area contributed by atoms with Crippen LogP contribution in [0.25, 0.3) is 5.76 Å². The van der Waals surface area contributed by atoms with Crippen LogP contribution in [-0.4, -0.2) is 74.1 Å². The van der Waals surface area contributed by atoms with Gasteiger partial charge in [-0.25, -0.2) is 0 Å². The Labute approximate surface area is 200 Å². The molecule has 8 nitrogen and oxygen atoms in total. The summed E-state index contributed by atoms with van der Waals surface area (Å²) < 4.78 is 16.4. The summed E-state index contributed by atoms with van der Waals surface area (Å²) in [5.41, 5.74) is 1.10. The lowest BCUT2D eigenvalue weighted by Gasteiger charge is -2.27. The smallest absolute Gasteiger partial charge is 0.295 e. The van der Waals surface area contributed by atoms with Crippen LogP contribution in [0.5, 0.6) is 17.2 Å². The number of rotatable bonds is 9. The molecule has 0 bridgehead atoms. The number of nitrogens with zero attached hydrogens (tertiary/aromatic N) is 2. The van der Waals surface area contributed by atoms with Gasteiger partial charge < -0.3 is 29.1 Å². The highest BCUT2D eigenvalue weighted by Gasteiger charge is 2.46. The molecular formula is C26H32N2O6. The van der Waals surface area contributed by atoms with E-state index in [1.54, 1.807) is 42.5 Å². The number of likely N-dealkylation sites (tertiary alicyclic amines) is 1. The van der Waals surface area contributed by atoms with Gasteiger partial charge in [-0.3, -0.25) is 9.59 Å². The van der Waals surface area contributed by atoms with Crippen molar-refractivity contribution in [2.24, 2.45) is 0 Å². The Balaban J connectivity index is 2.12. The molecule has 1 aliphatic rings. The molecule has 0 aliphatic carbocycles. The second kappa shape index (κ2) is 10.6. The van der Waals surface area contributed by atoms with Gasteiger partial charge in [0.1, 0.15) is 11.5 Å². The zero-order valence-electron chi connectivity index (χ0n) is 20.5. The Bertz CT molecular complexity index is 1080. The lowest BCUT2D eigenvalue weighted by atomic mass is 9.95. The molecule has 0 saturated carbocycles. The number of methoxy groups -OCH3 is 2. The van der Waals surface area contributed by atoms with E-state index >= 15 is 0 Å². The molecule has 1 atom stereocenters. The maximum absolute atomic E-state index is 13.1. The van der Waals surface area contributed by atoms with Crippen molar-refractivity contribution < 1.29 is 28.9 Å². The third-order valence-corrected chi connectivity index (χ3v) is 5.55. The van der Waals surface area contributed by atoms with Crippen molar-refractivity contribution >= 4 is 17.4 Å². The third kappa shape index (κ3) is 5.17. The van der Waals surface area contributed by atoms with Gasteiger partial charge in [0.05, 0.1) is 31.9 Å². The van der Waals surface area contributed by atoms with Gasteiger partial charge in [0.15, 0.2) is 11.5 Å². The average Bonchev–Trinajstić information content (AvgIpc) is 3.06. The molecule has 1 fully saturated rings. The van der Waals surface area contributed by atoms with Gasteiger partial charge in [-0.05, 0) is 69.9 Å². The lowest BCUT2D eigenvalue weighted by molar-refractivity contribution is -0.140. The van der Waals surface area contributed by atoms with Crippen LogP contribution in [-0.2, 0) is 9.59 Å². The van der Waals surface area contributed by atoms with Crippen molar-refractivity contribution in [3.63, 3.8) is 0 Å². The van der Waals surface area contributed by atoms with Crippen LogP contribution in [0.4, 0.5) is 0 Å². The summed E-state index contributed by atoms with van der Waals surface area (Å²) in [5.74, 6) is 0.0307. The summed E-state index contributed by atoms with van der Waals surface area (Å²) in [7, 11) is 6.84. The quantitative estimate of drug-likeness (QED) is 0.342. The maximum atomic E-state index is 13.1. The highest BCUT2D eigenvalue weighted by Crippen LogP contribution is 2.42. The van der Waals surface area contributed by atoms with Crippen molar-refractivity contribution in [3.8, 4) is 17.2 Å². The number of Topliss-reactive ketones (excluding diaryl/α,β-unsaturated/α-hetero) is 1. The molecule has 1 N–H and O–H groups in total. The molecule has 1 aliphatic heterocycles. The summed E-state index contributed by atoms with van der Waals surface area (Å²) in [6.07, 6.45) is 0.00604. The van der Waals surface area contributed by atoms with Crippen LogP contribution < -0.4 is 14.2 Å². The fourth-order valence-corrected chi connectivity index (χ4v) is 3.91. The first kappa shape index (κ1) is 25.1. The van der Waals surface area contributed by atoms with Crippen molar-refractivity contribution in [1.82, 2.24) is 9.80 Å². The minimum Gasteiger partial charge on any atom is -0.507 e. The second-order valence-electron chi connectivity index (χ2n) is 8.60. The molecule has 1 saturated heterocycles. The first-order valence-electron chi connectivity index (χ1n) is 11.1. The molecule has 0 aromatic heterocycles. The molecule has 3 rings (SSSR count). The van der Waals surface area contributed by atoms with Crippen LogP contribution in [0, 0.1) is 0 Å². The van der Waals surface area contributed by atoms with Crippen LogP contribution in [0.3, 0.4) is 0 Å². The Morgan fingerprint density at radius 2 is 1.68 bits per heavy atom.